The van der Waals surface area contributed by atoms with Gasteiger partial charge in [-0.05, 0) is 39.2 Å². The Morgan fingerprint density at radius 3 is 2.69 bits per heavy atom. The highest BCUT2D eigenvalue weighted by Gasteiger charge is 2.13. The average Bonchev–Trinajstić information content (AvgIpc) is 2.68. The number of hydrogen-bond donors (Lipinski definition) is 1. The van der Waals surface area contributed by atoms with Crippen LogP contribution in [-0.4, -0.2) is 25.2 Å². The first-order valence-electron chi connectivity index (χ1n) is 6.58. The molecule has 1 fully saturated rings. The van der Waals surface area contributed by atoms with Crippen molar-refractivity contribution < 1.29 is 9.53 Å². The topological polar surface area (TPSA) is 38.3 Å². The predicted molar refractivity (Wildman–Crippen MR) is 65.3 cm³/mol. The van der Waals surface area contributed by atoms with Gasteiger partial charge in [-0.3, -0.25) is 4.79 Å². The first kappa shape index (κ1) is 13.5. The van der Waals surface area contributed by atoms with Crippen molar-refractivity contribution in [3.63, 3.8) is 0 Å². The highest BCUT2D eigenvalue weighted by molar-refractivity contribution is 5.71. The summed E-state index contributed by atoms with van der Waals surface area (Å²) in [4.78, 5) is 11.2. The zero-order chi connectivity index (χ0) is 11.8. The third-order valence-corrected chi connectivity index (χ3v) is 3.08. The highest BCUT2D eigenvalue weighted by Crippen LogP contribution is 2.28. The SMILES string of the molecule is CC(C)OC(=O)CNCCCC1CCCC1. The van der Waals surface area contributed by atoms with E-state index in [0.717, 1.165) is 12.5 Å². The summed E-state index contributed by atoms with van der Waals surface area (Å²) in [7, 11) is 0. The number of nitrogens with one attached hydrogen (secondary N) is 1. The summed E-state index contributed by atoms with van der Waals surface area (Å²) < 4.78 is 5.03. The van der Waals surface area contributed by atoms with Crippen LogP contribution in [0, 0.1) is 5.92 Å². The van der Waals surface area contributed by atoms with E-state index in [9.17, 15) is 4.79 Å². The zero-order valence-electron chi connectivity index (χ0n) is 10.6. The van der Waals surface area contributed by atoms with Gasteiger partial charge in [-0.15, -0.1) is 0 Å². The Labute approximate surface area is 98.9 Å². The molecule has 0 aromatic heterocycles. The summed E-state index contributed by atoms with van der Waals surface area (Å²) in [5, 5.41) is 3.14. The Kier molecular flexibility index (Phi) is 6.46. The lowest BCUT2D eigenvalue weighted by Gasteiger charge is -2.10. The average molecular weight is 227 g/mol. The Hall–Kier alpha value is -0.570. The van der Waals surface area contributed by atoms with Gasteiger partial charge < -0.3 is 10.1 Å². The van der Waals surface area contributed by atoms with Crippen LogP contribution in [0.2, 0.25) is 0 Å². The molecule has 1 rings (SSSR count). The molecule has 3 heteroatoms. The number of esters is 1. The first-order chi connectivity index (χ1) is 7.68. The first-order valence-corrected chi connectivity index (χ1v) is 6.58. The van der Waals surface area contributed by atoms with Gasteiger partial charge in [0, 0.05) is 0 Å². The fraction of sp³-hybridized carbons (Fsp3) is 0.923. The summed E-state index contributed by atoms with van der Waals surface area (Å²) in [5.74, 6) is 0.806. The van der Waals surface area contributed by atoms with E-state index >= 15 is 0 Å². The molecule has 1 saturated carbocycles. The van der Waals surface area contributed by atoms with Gasteiger partial charge in [-0.25, -0.2) is 0 Å². The van der Waals surface area contributed by atoms with Crippen molar-refractivity contribution in [2.24, 2.45) is 5.92 Å². The smallest absolute Gasteiger partial charge is 0.320 e. The highest BCUT2D eigenvalue weighted by atomic mass is 16.5. The van der Waals surface area contributed by atoms with Gasteiger partial charge >= 0.3 is 5.97 Å². The van der Waals surface area contributed by atoms with E-state index in [2.05, 4.69) is 5.32 Å². The molecule has 0 radical (unpaired) electrons. The third-order valence-electron chi connectivity index (χ3n) is 3.08. The normalized spacial score (nSPS) is 16.9. The number of carbonyl (C=O) groups excluding carboxylic acids is 1. The molecule has 0 saturated heterocycles. The van der Waals surface area contributed by atoms with Crippen molar-refractivity contribution in [3.05, 3.63) is 0 Å². The largest absolute Gasteiger partial charge is 0.462 e. The number of carbonyl (C=O) groups is 1. The minimum absolute atomic E-state index is 0.00668. The van der Waals surface area contributed by atoms with Gasteiger partial charge in [0.1, 0.15) is 0 Å². The van der Waals surface area contributed by atoms with Crippen molar-refractivity contribution in [1.82, 2.24) is 5.32 Å². The Bertz CT molecular complexity index is 198. The van der Waals surface area contributed by atoms with Gasteiger partial charge in [0.25, 0.3) is 0 Å². The molecule has 3 nitrogen and oxygen atoms in total. The van der Waals surface area contributed by atoms with Crippen LogP contribution in [0.1, 0.15) is 52.4 Å². The predicted octanol–water partition coefficient (Wildman–Crippen LogP) is 2.50. The summed E-state index contributed by atoms with van der Waals surface area (Å²) in [5.41, 5.74) is 0. The molecular formula is C13H25NO2. The summed E-state index contributed by atoms with van der Waals surface area (Å²) in [6.45, 7) is 5.03. The second-order valence-electron chi connectivity index (χ2n) is 5.01. The number of hydrogen-bond acceptors (Lipinski definition) is 3. The number of rotatable bonds is 7. The van der Waals surface area contributed by atoms with Crippen LogP contribution in [0.3, 0.4) is 0 Å². The van der Waals surface area contributed by atoms with Gasteiger partial charge in [0.2, 0.25) is 0 Å². The summed E-state index contributed by atoms with van der Waals surface area (Å²) in [6, 6.07) is 0. The molecule has 94 valence electrons. The van der Waals surface area contributed by atoms with E-state index in [0.29, 0.717) is 6.54 Å². The second kappa shape index (κ2) is 7.66. The van der Waals surface area contributed by atoms with Gasteiger partial charge in [-0.2, -0.15) is 0 Å². The van der Waals surface area contributed by atoms with Crippen LogP contribution in [0.5, 0.6) is 0 Å². The Morgan fingerprint density at radius 2 is 2.06 bits per heavy atom. The second-order valence-corrected chi connectivity index (χ2v) is 5.01. The quantitative estimate of drug-likeness (QED) is 0.536. The molecule has 0 spiro atoms. The molecule has 1 aliphatic carbocycles. The molecular weight excluding hydrogens is 202 g/mol. The van der Waals surface area contributed by atoms with E-state index in [4.69, 9.17) is 4.74 Å². The minimum Gasteiger partial charge on any atom is -0.462 e. The third kappa shape index (κ3) is 6.11. The fourth-order valence-electron chi connectivity index (χ4n) is 2.31. The molecule has 1 N–H and O–H groups in total. The van der Waals surface area contributed by atoms with Crippen LogP contribution in [0.25, 0.3) is 0 Å². The molecule has 0 atom stereocenters. The van der Waals surface area contributed by atoms with Crippen LogP contribution in [0.15, 0.2) is 0 Å². The molecule has 0 bridgehead atoms. The summed E-state index contributed by atoms with van der Waals surface area (Å²) >= 11 is 0. The molecule has 0 amide bonds. The van der Waals surface area contributed by atoms with E-state index in [1.54, 1.807) is 0 Å². The van der Waals surface area contributed by atoms with E-state index in [1.165, 1.54) is 38.5 Å². The standard InChI is InChI=1S/C13H25NO2/c1-11(2)16-13(15)10-14-9-5-8-12-6-3-4-7-12/h11-12,14H,3-10H2,1-2H3. The maximum Gasteiger partial charge on any atom is 0.320 e. The van der Waals surface area contributed by atoms with Gasteiger partial charge in [-0.1, -0.05) is 25.7 Å². The number of ether oxygens (including phenoxy) is 1. The maximum absolute atomic E-state index is 11.2. The van der Waals surface area contributed by atoms with Gasteiger partial charge in [0.05, 0.1) is 12.6 Å². The van der Waals surface area contributed by atoms with Gasteiger partial charge in [0.15, 0.2) is 0 Å². The molecule has 0 aromatic carbocycles. The van der Waals surface area contributed by atoms with Crippen molar-refractivity contribution in [3.8, 4) is 0 Å². The lowest BCUT2D eigenvalue weighted by molar-refractivity contribution is -0.146. The summed E-state index contributed by atoms with van der Waals surface area (Å²) in [6.07, 6.45) is 8.14. The minimum atomic E-state index is -0.143. The van der Waals surface area contributed by atoms with Crippen LogP contribution >= 0.6 is 0 Å². The zero-order valence-corrected chi connectivity index (χ0v) is 10.6. The van der Waals surface area contributed by atoms with Crippen molar-refractivity contribution in [2.45, 2.75) is 58.5 Å². The fourth-order valence-corrected chi connectivity index (χ4v) is 2.31. The Balaban J connectivity index is 1.89. The lowest BCUT2D eigenvalue weighted by atomic mass is 10.0. The van der Waals surface area contributed by atoms with Crippen LogP contribution in [-0.2, 0) is 9.53 Å². The van der Waals surface area contributed by atoms with Crippen molar-refractivity contribution in [2.75, 3.05) is 13.1 Å². The van der Waals surface area contributed by atoms with Crippen molar-refractivity contribution >= 4 is 5.97 Å². The maximum atomic E-state index is 11.2. The molecule has 16 heavy (non-hydrogen) atoms. The molecule has 0 aromatic rings. The Morgan fingerprint density at radius 1 is 1.38 bits per heavy atom. The van der Waals surface area contributed by atoms with E-state index in [1.807, 2.05) is 13.8 Å². The molecule has 0 aliphatic heterocycles. The molecule has 0 heterocycles. The van der Waals surface area contributed by atoms with E-state index < -0.39 is 0 Å². The van der Waals surface area contributed by atoms with E-state index in [-0.39, 0.29) is 12.1 Å². The lowest BCUT2D eigenvalue weighted by Crippen LogP contribution is -2.27. The van der Waals surface area contributed by atoms with Crippen molar-refractivity contribution in [1.29, 1.82) is 0 Å². The van der Waals surface area contributed by atoms with Crippen LogP contribution in [0.4, 0.5) is 0 Å². The molecule has 1 aliphatic rings. The van der Waals surface area contributed by atoms with Crippen LogP contribution < -0.4 is 5.32 Å². The molecule has 0 unspecified atom stereocenters. The monoisotopic (exact) mass is 227 g/mol.